The monoisotopic (exact) mass is 262 g/mol. The number of nitrogens with zero attached hydrogens (tertiary/aromatic N) is 3. The second-order valence-electron chi connectivity index (χ2n) is 4.35. The largest absolute Gasteiger partial charge is 0.366 e. The molecule has 2 aromatic heterocycles. The molecule has 3 rings (SSSR count). The maximum atomic E-state index is 4.52. The molecule has 98 valence electrons. The first-order chi connectivity index (χ1) is 9.92. The Labute approximate surface area is 117 Å². The first-order valence-corrected chi connectivity index (χ1v) is 6.43. The second kappa shape index (κ2) is 5.93. The summed E-state index contributed by atoms with van der Waals surface area (Å²) in [7, 11) is 0. The zero-order valence-electron chi connectivity index (χ0n) is 10.9. The van der Waals surface area contributed by atoms with Crippen molar-refractivity contribution in [3.8, 4) is 11.4 Å². The number of anilines is 1. The minimum atomic E-state index is 0.694. The first kappa shape index (κ1) is 12.3. The molecule has 1 N–H and O–H groups in total. The van der Waals surface area contributed by atoms with E-state index in [1.54, 1.807) is 12.4 Å². The maximum Gasteiger partial charge on any atom is 0.161 e. The molecule has 3 aromatic rings. The molecule has 2 heterocycles. The summed E-state index contributed by atoms with van der Waals surface area (Å²) in [4.78, 5) is 12.9. The van der Waals surface area contributed by atoms with Crippen molar-refractivity contribution in [2.24, 2.45) is 0 Å². The molecule has 0 spiro atoms. The quantitative estimate of drug-likeness (QED) is 0.784. The molecule has 0 saturated carbocycles. The molecule has 0 aliphatic rings. The van der Waals surface area contributed by atoms with Gasteiger partial charge in [-0.25, -0.2) is 9.97 Å². The number of pyridine rings is 1. The summed E-state index contributed by atoms with van der Waals surface area (Å²) in [5.74, 6) is 1.53. The van der Waals surface area contributed by atoms with Gasteiger partial charge in [0, 0.05) is 30.7 Å². The number of hydrogen-bond acceptors (Lipinski definition) is 4. The van der Waals surface area contributed by atoms with Crippen LogP contribution in [0.5, 0.6) is 0 Å². The molecule has 0 unspecified atom stereocenters. The summed E-state index contributed by atoms with van der Waals surface area (Å²) in [6.07, 6.45) is 5.37. The summed E-state index contributed by atoms with van der Waals surface area (Å²) >= 11 is 0. The van der Waals surface area contributed by atoms with Crippen LogP contribution in [-0.4, -0.2) is 15.0 Å². The third-order valence-corrected chi connectivity index (χ3v) is 2.88. The van der Waals surface area contributed by atoms with Gasteiger partial charge in [-0.05, 0) is 17.7 Å². The lowest BCUT2D eigenvalue weighted by Crippen LogP contribution is -2.02. The molecule has 0 atom stereocenters. The highest BCUT2D eigenvalue weighted by molar-refractivity contribution is 5.56. The van der Waals surface area contributed by atoms with Crippen molar-refractivity contribution in [2.45, 2.75) is 6.54 Å². The summed E-state index contributed by atoms with van der Waals surface area (Å²) in [6, 6.07) is 15.8. The van der Waals surface area contributed by atoms with E-state index in [0.717, 1.165) is 22.8 Å². The van der Waals surface area contributed by atoms with Gasteiger partial charge in [0.05, 0.1) is 0 Å². The van der Waals surface area contributed by atoms with Crippen molar-refractivity contribution in [3.63, 3.8) is 0 Å². The van der Waals surface area contributed by atoms with E-state index in [4.69, 9.17) is 0 Å². The Morgan fingerprint density at radius 1 is 0.900 bits per heavy atom. The fourth-order valence-corrected chi connectivity index (χ4v) is 1.88. The molecule has 0 fully saturated rings. The predicted molar refractivity (Wildman–Crippen MR) is 79.0 cm³/mol. The molecule has 4 heteroatoms. The zero-order valence-corrected chi connectivity index (χ0v) is 10.9. The van der Waals surface area contributed by atoms with Gasteiger partial charge in [0.15, 0.2) is 5.82 Å². The molecule has 0 bridgehead atoms. The second-order valence-corrected chi connectivity index (χ2v) is 4.35. The van der Waals surface area contributed by atoms with E-state index in [0.29, 0.717) is 6.54 Å². The molecule has 0 aliphatic carbocycles. The van der Waals surface area contributed by atoms with Gasteiger partial charge in [-0.15, -0.1) is 0 Å². The van der Waals surface area contributed by atoms with Crippen molar-refractivity contribution in [2.75, 3.05) is 5.32 Å². The first-order valence-electron chi connectivity index (χ1n) is 6.43. The molecular formula is C16H14N4. The Morgan fingerprint density at radius 3 is 2.60 bits per heavy atom. The van der Waals surface area contributed by atoms with E-state index < -0.39 is 0 Å². The highest BCUT2D eigenvalue weighted by atomic mass is 15.0. The van der Waals surface area contributed by atoms with Crippen LogP contribution < -0.4 is 5.32 Å². The summed E-state index contributed by atoms with van der Waals surface area (Å²) in [5.41, 5.74) is 2.13. The number of benzene rings is 1. The normalized spacial score (nSPS) is 10.2. The lowest BCUT2D eigenvalue weighted by atomic mass is 10.2. The van der Waals surface area contributed by atoms with Crippen LogP contribution in [0.1, 0.15) is 5.56 Å². The molecular weight excluding hydrogens is 248 g/mol. The minimum absolute atomic E-state index is 0.694. The van der Waals surface area contributed by atoms with Crippen molar-refractivity contribution in [1.82, 2.24) is 15.0 Å². The fraction of sp³-hybridized carbons (Fsp3) is 0.0625. The third-order valence-electron chi connectivity index (χ3n) is 2.88. The lowest BCUT2D eigenvalue weighted by Gasteiger charge is -2.06. The van der Waals surface area contributed by atoms with Gasteiger partial charge in [0.1, 0.15) is 5.82 Å². The third kappa shape index (κ3) is 2.98. The van der Waals surface area contributed by atoms with Crippen LogP contribution in [-0.2, 0) is 6.54 Å². The van der Waals surface area contributed by atoms with Crippen LogP contribution >= 0.6 is 0 Å². The van der Waals surface area contributed by atoms with E-state index in [2.05, 4.69) is 20.3 Å². The molecule has 0 saturated heterocycles. The number of nitrogens with one attached hydrogen (secondary N) is 1. The molecule has 4 nitrogen and oxygen atoms in total. The Hall–Kier alpha value is -2.75. The smallest absolute Gasteiger partial charge is 0.161 e. The Morgan fingerprint density at radius 2 is 1.80 bits per heavy atom. The van der Waals surface area contributed by atoms with Crippen LogP contribution in [0, 0.1) is 0 Å². The zero-order chi connectivity index (χ0) is 13.6. The van der Waals surface area contributed by atoms with Crippen molar-refractivity contribution in [3.05, 3.63) is 72.7 Å². The van der Waals surface area contributed by atoms with Crippen LogP contribution in [0.25, 0.3) is 11.4 Å². The molecule has 0 amide bonds. The van der Waals surface area contributed by atoms with Gasteiger partial charge in [0.2, 0.25) is 0 Å². The highest BCUT2D eigenvalue weighted by Gasteiger charge is 2.01. The average molecular weight is 262 g/mol. The van der Waals surface area contributed by atoms with Crippen LogP contribution in [0.2, 0.25) is 0 Å². The van der Waals surface area contributed by atoms with Gasteiger partial charge in [-0.2, -0.15) is 0 Å². The van der Waals surface area contributed by atoms with Crippen molar-refractivity contribution in [1.29, 1.82) is 0 Å². The van der Waals surface area contributed by atoms with Crippen LogP contribution in [0.3, 0.4) is 0 Å². The summed E-state index contributed by atoms with van der Waals surface area (Å²) in [6.45, 7) is 0.694. The lowest BCUT2D eigenvalue weighted by molar-refractivity contribution is 1.07. The standard InChI is InChI=1S/C16H14N4/c1-2-6-14(7-3-1)16-18-10-8-15(20-16)19-12-13-5-4-9-17-11-13/h1-11H,12H2,(H,18,19,20). The van der Waals surface area contributed by atoms with E-state index in [1.807, 2.05) is 54.7 Å². The van der Waals surface area contributed by atoms with Crippen molar-refractivity contribution >= 4 is 5.82 Å². The van der Waals surface area contributed by atoms with Gasteiger partial charge in [-0.1, -0.05) is 36.4 Å². The average Bonchev–Trinajstić information content (AvgIpc) is 2.55. The summed E-state index contributed by atoms with van der Waals surface area (Å²) in [5, 5.41) is 3.28. The fourth-order valence-electron chi connectivity index (χ4n) is 1.88. The van der Waals surface area contributed by atoms with Gasteiger partial charge < -0.3 is 5.32 Å². The minimum Gasteiger partial charge on any atom is -0.366 e. The van der Waals surface area contributed by atoms with Gasteiger partial charge in [0.25, 0.3) is 0 Å². The number of hydrogen-bond donors (Lipinski definition) is 1. The predicted octanol–water partition coefficient (Wildman–Crippen LogP) is 3.15. The van der Waals surface area contributed by atoms with E-state index in [-0.39, 0.29) is 0 Å². The van der Waals surface area contributed by atoms with Crippen LogP contribution in [0.15, 0.2) is 67.1 Å². The molecule has 1 aromatic carbocycles. The van der Waals surface area contributed by atoms with E-state index in [9.17, 15) is 0 Å². The molecule has 20 heavy (non-hydrogen) atoms. The van der Waals surface area contributed by atoms with Crippen molar-refractivity contribution < 1.29 is 0 Å². The van der Waals surface area contributed by atoms with Gasteiger partial charge in [-0.3, -0.25) is 4.98 Å². The Kier molecular flexibility index (Phi) is 3.64. The Balaban J connectivity index is 1.75. The SMILES string of the molecule is c1ccc(-c2nccc(NCc3cccnc3)n2)cc1. The maximum absolute atomic E-state index is 4.52. The molecule has 0 radical (unpaired) electrons. The van der Waals surface area contributed by atoms with Crippen LogP contribution in [0.4, 0.5) is 5.82 Å². The molecule has 0 aliphatic heterocycles. The van der Waals surface area contributed by atoms with Gasteiger partial charge >= 0.3 is 0 Å². The summed E-state index contributed by atoms with van der Waals surface area (Å²) < 4.78 is 0. The number of aromatic nitrogens is 3. The highest BCUT2D eigenvalue weighted by Crippen LogP contribution is 2.15. The Bertz CT molecular complexity index is 668. The topological polar surface area (TPSA) is 50.7 Å². The number of rotatable bonds is 4. The van der Waals surface area contributed by atoms with E-state index in [1.165, 1.54) is 0 Å². The van der Waals surface area contributed by atoms with E-state index >= 15 is 0 Å².